The molecule has 14 heavy (non-hydrogen) atoms. The fraction of sp³-hybridized carbons (Fsp3) is 0.500. The summed E-state index contributed by atoms with van der Waals surface area (Å²) < 4.78 is 5.60. The lowest BCUT2D eigenvalue weighted by molar-refractivity contribution is 0.311. The van der Waals surface area contributed by atoms with Gasteiger partial charge in [-0.2, -0.15) is 0 Å². The van der Waals surface area contributed by atoms with E-state index in [0.717, 1.165) is 25.3 Å². The van der Waals surface area contributed by atoms with E-state index < -0.39 is 0 Å². The van der Waals surface area contributed by atoms with Gasteiger partial charge in [-0.1, -0.05) is 24.6 Å². The highest BCUT2D eigenvalue weighted by atomic mass is 16.5. The fourth-order valence-corrected chi connectivity index (χ4v) is 1.82. The number of benzene rings is 1. The first-order valence-corrected chi connectivity index (χ1v) is 5.28. The van der Waals surface area contributed by atoms with Gasteiger partial charge in [0.1, 0.15) is 12.4 Å². The predicted molar refractivity (Wildman–Crippen MR) is 57.7 cm³/mol. The van der Waals surface area contributed by atoms with Crippen LogP contribution in [0.1, 0.15) is 30.5 Å². The van der Waals surface area contributed by atoms with Gasteiger partial charge >= 0.3 is 0 Å². The van der Waals surface area contributed by atoms with E-state index in [-0.39, 0.29) is 0 Å². The van der Waals surface area contributed by atoms with E-state index in [1.807, 2.05) is 0 Å². The molecule has 1 heterocycles. The Kier molecular flexibility index (Phi) is 2.73. The summed E-state index contributed by atoms with van der Waals surface area (Å²) >= 11 is 0. The van der Waals surface area contributed by atoms with Crippen molar-refractivity contribution in [3.8, 4) is 5.75 Å². The van der Waals surface area contributed by atoms with E-state index in [1.54, 1.807) is 0 Å². The molecule has 0 fully saturated rings. The van der Waals surface area contributed by atoms with Gasteiger partial charge < -0.3 is 10.1 Å². The third kappa shape index (κ3) is 1.75. The highest BCUT2D eigenvalue weighted by Crippen LogP contribution is 2.32. The summed E-state index contributed by atoms with van der Waals surface area (Å²) in [4.78, 5) is 0. The van der Waals surface area contributed by atoms with Gasteiger partial charge in [0.05, 0.1) is 6.04 Å². The summed E-state index contributed by atoms with van der Waals surface area (Å²) in [6.07, 6.45) is 1.16. The van der Waals surface area contributed by atoms with E-state index in [4.69, 9.17) is 4.74 Å². The van der Waals surface area contributed by atoms with Crippen molar-refractivity contribution in [2.45, 2.75) is 26.3 Å². The predicted octanol–water partition coefficient (Wildman–Crippen LogP) is 2.43. The first-order valence-electron chi connectivity index (χ1n) is 5.28. The second-order valence-electron chi connectivity index (χ2n) is 3.86. The van der Waals surface area contributed by atoms with Gasteiger partial charge in [-0.15, -0.1) is 0 Å². The lowest BCUT2D eigenvalue weighted by Crippen LogP contribution is -2.23. The van der Waals surface area contributed by atoms with Gasteiger partial charge in [-0.3, -0.25) is 0 Å². The maximum atomic E-state index is 5.60. The summed E-state index contributed by atoms with van der Waals surface area (Å²) in [6, 6.07) is 6.78. The van der Waals surface area contributed by atoms with Crippen LogP contribution in [-0.2, 0) is 0 Å². The molecule has 0 amide bonds. The van der Waals surface area contributed by atoms with Crippen LogP contribution in [0.15, 0.2) is 18.2 Å². The van der Waals surface area contributed by atoms with Crippen LogP contribution >= 0.6 is 0 Å². The van der Waals surface area contributed by atoms with Gasteiger partial charge in [0, 0.05) is 5.56 Å². The molecule has 1 aliphatic heterocycles. The first-order chi connectivity index (χ1) is 6.81. The largest absolute Gasteiger partial charge is 0.491 e. The van der Waals surface area contributed by atoms with Crippen molar-refractivity contribution in [2.75, 3.05) is 13.2 Å². The van der Waals surface area contributed by atoms with Gasteiger partial charge in [-0.25, -0.2) is 0 Å². The van der Waals surface area contributed by atoms with Crippen LogP contribution in [0.4, 0.5) is 0 Å². The Balaban J connectivity index is 2.16. The van der Waals surface area contributed by atoms with E-state index in [2.05, 4.69) is 37.4 Å². The number of ether oxygens (including phenoxy) is 1. The molecule has 2 heteroatoms. The van der Waals surface area contributed by atoms with E-state index in [1.165, 1.54) is 11.1 Å². The smallest absolute Gasteiger partial charge is 0.124 e. The lowest BCUT2D eigenvalue weighted by atomic mass is 10.1. The molecule has 1 aromatic rings. The van der Waals surface area contributed by atoms with Gasteiger partial charge in [0.15, 0.2) is 0 Å². The molecular weight excluding hydrogens is 174 g/mol. The van der Waals surface area contributed by atoms with Crippen molar-refractivity contribution >= 4 is 0 Å². The van der Waals surface area contributed by atoms with E-state index >= 15 is 0 Å². The van der Waals surface area contributed by atoms with Crippen LogP contribution in [0.25, 0.3) is 0 Å². The minimum absolute atomic E-state index is 0.393. The summed E-state index contributed by atoms with van der Waals surface area (Å²) in [5, 5.41) is 3.49. The number of aryl methyl sites for hydroxylation is 1. The maximum absolute atomic E-state index is 5.60. The summed E-state index contributed by atoms with van der Waals surface area (Å²) in [5.74, 6) is 1.05. The minimum atomic E-state index is 0.393. The van der Waals surface area contributed by atoms with Crippen LogP contribution in [-0.4, -0.2) is 13.2 Å². The Morgan fingerprint density at radius 3 is 3.14 bits per heavy atom. The molecule has 0 radical (unpaired) electrons. The van der Waals surface area contributed by atoms with Gasteiger partial charge in [0.2, 0.25) is 0 Å². The third-order valence-electron chi connectivity index (χ3n) is 2.59. The standard InChI is InChI=1S/C12H17NO/c1-3-6-13-11-8-14-12-5-4-9(2)7-10(11)12/h4-5,7,11,13H,3,6,8H2,1-2H3. The topological polar surface area (TPSA) is 21.3 Å². The van der Waals surface area contributed by atoms with Crippen LogP contribution in [0.2, 0.25) is 0 Å². The molecule has 0 aliphatic carbocycles. The molecule has 2 nitrogen and oxygen atoms in total. The zero-order chi connectivity index (χ0) is 9.97. The average Bonchev–Trinajstić information content (AvgIpc) is 2.57. The summed E-state index contributed by atoms with van der Waals surface area (Å²) in [5.41, 5.74) is 2.62. The molecule has 0 bridgehead atoms. The molecule has 2 rings (SSSR count). The van der Waals surface area contributed by atoms with E-state index in [0.29, 0.717) is 6.04 Å². The Hall–Kier alpha value is -1.02. The summed E-state index contributed by atoms with van der Waals surface area (Å²) in [7, 11) is 0. The number of fused-ring (bicyclic) bond motifs is 1. The molecule has 76 valence electrons. The molecule has 0 saturated carbocycles. The molecule has 0 aromatic heterocycles. The monoisotopic (exact) mass is 191 g/mol. The Labute approximate surface area is 85.3 Å². The van der Waals surface area contributed by atoms with Crippen LogP contribution in [0.5, 0.6) is 5.75 Å². The van der Waals surface area contributed by atoms with E-state index in [9.17, 15) is 0 Å². The molecule has 0 spiro atoms. The molecule has 1 aromatic carbocycles. The lowest BCUT2D eigenvalue weighted by Gasteiger charge is -2.10. The SMILES string of the molecule is CCCNC1COc2ccc(C)cc21. The minimum Gasteiger partial charge on any atom is -0.491 e. The highest BCUT2D eigenvalue weighted by molar-refractivity contribution is 5.41. The number of hydrogen-bond acceptors (Lipinski definition) is 2. The van der Waals surface area contributed by atoms with Crippen LogP contribution in [0.3, 0.4) is 0 Å². The Morgan fingerprint density at radius 2 is 2.36 bits per heavy atom. The number of nitrogens with one attached hydrogen (secondary N) is 1. The summed E-state index contributed by atoms with van der Waals surface area (Å²) in [6.45, 7) is 6.13. The molecule has 1 atom stereocenters. The van der Waals surface area contributed by atoms with Gasteiger partial charge in [0.25, 0.3) is 0 Å². The number of hydrogen-bond donors (Lipinski definition) is 1. The Morgan fingerprint density at radius 1 is 1.50 bits per heavy atom. The second-order valence-corrected chi connectivity index (χ2v) is 3.86. The second kappa shape index (κ2) is 4.01. The third-order valence-corrected chi connectivity index (χ3v) is 2.59. The fourth-order valence-electron chi connectivity index (χ4n) is 1.82. The average molecular weight is 191 g/mol. The normalized spacial score (nSPS) is 19.1. The van der Waals surface area contributed by atoms with Crippen molar-refractivity contribution < 1.29 is 4.74 Å². The Bertz CT molecular complexity index is 322. The van der Waals surface area contributed by atoms with Crippen molar-refractivity contribution in [3.05, 3.63) is 29.3 Å². The van der Waals surface area contributed by atoms with Gasteiger partial charge in [-0.05, 0) is 26.0 Å². The van der Waals surface area contributed by atoms with Crippen molar-refractivity contribution in [2.24, 2.45) is 0 Å². The van der Waals surface area contributed by atoms with Crippen molar-refractivity contribution in [1.29, 1.82) is 0 Å². The molecule has 1 unspecified atom stereocenters. The molecular formula is C12H17NO. The molecule has 0 saturated heterocycles. The number of rotatable bonds is 3. The molecule has 1 N–H and O–H groups in total. The van der Waals surface area contributed by atoms with Crippen molar-refractivity contribution in [1.82, 2.24) is 5.32 Å². The first kappa shape index (κ1) is 9.53. The maximum Gasteiger partial charge on any atom is 0.124 e. The highest BCUT2D eigenvalue weighted by Gasteiger charge is 2.22. The quantitative estimate of drug-likeness (QED) is 0.792. The zero-order valence-corrected chi connectivity index (χ0v) is 8.84. The zero-order valence-electron chi connectivity index (χ0n) is 8.84. The molecule has 1 aliphatic rings. The van der Waals surface area contributed by atoms with Crippen LogP contribution in [0, 0.1) is 6.92 Å². The van der Waals surface area contributed by atoms with Crippen LogP contribution < -0.4 is 10.1 Å². The van der Waals surface area contributed by atoms with Crippen molar-refractivity contribution in [3.63, 3.8) is 0 Å².